The number of aromatic nitrogens is 4. The molecule has 104 valence electrons. The molecule has 1 aromatic carbocycles. The number of fused-ring (bicyclic) bond motifs is 1. The number of hydrogen-bond acceptors (Lipinski definition) is 4. The third kappa shape index (κ3) is 2.15. The van der Waals surface area contributed by atoms with Crippen molar-refractivity contribution in [1.82, 2.24) is 19.8 Å². The molecule has 0 bridgehead atoms. The van der Waals surface area contributed by atoms with Gasteiger partial charge in [0.1, 0.15) is 5.01 Å². The third-order valence-corrected chi connectivity index (χ3v) is 3.76. The zero-order valence-electron chi connectivity index (χ0n) is 10.3. The first kappa shape index (κ1) is 13.0. The average molecular weight is 298 g/mol. The molecule has 0 aliphatic carbocycles. The summed E-state index contributed by atoms with van der Waals surface area (Å²) < 4.78 is 39.7. The van der Waals surface area contributed by atoms with E-state index < -0.39 is 11.7 Å². The van der Waals surface area contributed by atoms with Crippen molar-refractivity contribution in [3.63, 3.8) is 0 Å². The first-order valence-electron chi connectivity index (χ1n) is 5.88. The lowest BCUT2D eigenvalue weighted by atomic mass is 10.1. The maximum atomic E-state index is 12.7. The minimum Gasteiger partial charge on any atom is -0.187 e. The van der Waals surface area contributed by atoms with Crippen molar-refractivity contribution >= 4 is 16.3 Å². The molecule has 2 heterocycles. The normalized spacial score (nSPS) is 12.2. The summed E-state index contributed by atoms with van der Waals surface area (Å²) in [6.07, 6.45) is -3.70. The summed E-state index contributed by atoms with van der Waals surface area (Å²) in [7, 11) is 0. The summed E-state index contributed by atoms with van der Waals surface area (Å²) in [5.74, 6) is 0.689. The highest BCUT2D eigenvalue weighted by atomic mass is 32.1. The van der Waals surface area contributed by atoms with Crippen molar-refractivity contribution in [3.8, 4) is 10.6 Å². The molecule has 0 atom stereocenters. The predicted octanol–water partition coefficient (Wildman–Crippen LogP) is 3.43. The fourth-order valence-corrected chi connectivity index (χ4v) is 2.68. The van der Waals surface area contributed by atoms with Crippen LogP contribution in [-0.4, -0.2) is 19.8 Å². The van der Waals surface area contributed by atoms with Crippen LogP contribution >= 0.6 is 11.3 Å². The van der Waals surface area contributed by atoms with E-state index in [1.807, 2.05) is 6.92 Å². The molecule has 0 saturated heterocycles. The van der Waals surface area contributed by atoms with Crippen molar-refractivity contribution in [3.05, 3.63) is 35.7 Å². The zero-order chi connectivity index (χ0) is 14.3. The molecule has 0 radical (unpaired) electrons. The predicted molar refractivity (Wildman–Crippen MR) is 68.5 cm³/mol. The SMILES string of the molecule is CCc1nnc2sc(-c3cccc(C(F)(F)F)c3)nn12. The number of alkyl halides is 3. The van der Waals surface area contributed by atoms with Crippen LogP contribution in [0.15, 0.2) is 24.3 Å². The smallest absolute Gasteiger partial charge is 0.187 e. The summed E-state index contributed by atoms with van der Waals surface area (Å²) in [5, 5.41) is 12.7. The molecule has 0 aliphatic rings. The number of rotatable bonds is 2. The van der Waals surface area contributed by atoms with Crippen LogP contribution in [0.1, 0.15) is 18.3 Å². The minimum absolute atomic E-state index is 0.428. The third-order valence-electron chi connectivity index (χ3n) is 2.81. The van der Waals surface area contributed by atoms with Gasteiger partial charge in [-0.25, -0.2) is 0 Å². The molecule has 20 heavy (non-hydrogen) atoms. The Balaban J connectivity index is 2.09. The highest BCUT2D eigenvalue weighted by Gasteiger charge is 2.30. The Bertz CT molecular complexity index is 759. The fraction of sp³-hybridized carbons (Fsp3) is 0.250. The molecule has 4 nitrogen and oxygen atoms in total. The summed E-state index contributed by atoms with van der Waals surface area (Å²) >= 11 is 1.22. The van der Waals surface area contributed by atoms with E-state index in [0.29, 0.717) is 27.8 Å². The van der Waals surface area contributed by atoms with Crippen LogP contribution in [-0.2, 0) is 12.6 Å². The summed E-state index contributed by atoms with van der Waals surface area (Å²) in [6, 6.07) is 5.12. The lowest BCUT2D eigenvalue weighted by Gasteiger charge is -2.06. The van der Waals surface area contributed by atoms with Gasteiger partial charge >= 0.3 is 6.18 Å². The molecule has 8 heteroatoms. The number of aryl methyl sites for hydroxylation is 1. The van der Waals surface area contributed by atoms with Crippen molar-refractivity contribution in [2.45, 2.75) is 19.5 Å². The van der Waals surface area contributed by atoms with Crippen molar-refractivity contribution in [2.24, 2.45) is 0 Å². The lowest BCUT2D eigenvalue weighted by Crippen LogP contribution is -2.04. The van der Waals surface area contributed by atoms with Gasteiger partial charge in [0.05, 0.1) is 5.56 Å². The van der Waals surface area contributed by atoms with Gasteiger partial charge < -0.3 is 0 Å². The molecule has 0 fully saturated rings. The van der Waals surface area contributed by atoms with E-state index in [-0.39, 0.29) is 0 Å². The summed E-state index contributed by atoms with van der Waals surface area (Å²) in [4.78, 5) is 0.578. The first-order chi connectivity index (χ1) is 9.49. The number of benzene rings is 1. The highest BCUT2D eigenvalue weighted by Crippen LogP contribution is 2.33. The topological polar surface area (TPSA) is 43.1 Å². The van der Waals surface area contributed by atoms with E-state index in [1.54, 1.807) is 10.6 Å². The first-order valence-corrected chi connectivity index (χ1v) is 6.69. The molecule has 3 aromatic rings. The van der Waals surface area contributed by atoms with Gasteiger partial charge in [-0.2, -0.15) is 22.8 Å². The maximum Gasteiger partial charge on any atom is 0.416 e. The van der Waals surface area contributed by atoms with Gasteiger partial charge in [0.25, 0.3) is 0 Å². The van der Waals surface area contributed by atoms with Crippen molar-refractivity contribution < 1.29 is 13.2 Å². The number of hydrogen-bond donors (Lipinski definition) is 0. The van der Waals surface area contributed by atoms with Gasteiger partial charge in [0, 0.05) is 12.0 Å². The van der Waals surface area contributed by atoms with Gasteiger partial charge in [-0.3, -0.25) is 0 Å². The maximum absolute atomic E-state index is 12.7. The van der Waals surface area contributed by atoms with Crippen LogP contribution in [0.4, 0.5) is 13.2 Å². The van der Waals surface area contributed by atoms with E-state index in [0.717, 1.165) is 12.1 Å². The van der Waals surface area contributed by atoms with E-state index in [1.165, 1.54) is 17.4 Å². The molecular formula is C12H9F3N4S. The van der Waals surface area contributed by atoms with Crippen molar-refractivity contribution in [1.29, 1.82) is 0 Å². The van der Waals surface area contributed by atoms with Crippen LogP contribution in [0, 0.1) is 0 Å². The van der Waals surface area contributed by atoms with Crippen LogP contribution in [0.25, 0.3) is 15.5 Å². The van der Waals surface area contributed by atoms with E-state index in [4.69, 9.17) is 0 Å². The van der Waals surface area contributed by atoms with Gasteiger partial charge in [-0.05, 0) is 12.1 Å². The number of nitrogens with zero attached hydrogens (tertiary/aromatic N) is 4. The van der Waals surface area contributed by atoms with Gasteiger partial charge in [0.2, 0.25) is 4.96 Å². The molecule has 3 rings (SSSR count). The molecule has 0 saturated carbocycles. The van der Waals surface area contributed by atoms with Gasteiger partial charge in [0.15, 0.2) is 5.82 Å². The standard InChI is InChI=1S/C12H9F3N4S/c1-2-9-16-17-11-19(9)18-10(20-11)7-4-3-5-8(6-7)12(13,14)15/h3-6H,2H2,1H3. The molecular weight excluding hydrogens is 289 g/mol. The summed E-state index contributed by atoms with van der Waals surface area (Å²) in [6.45, 7) is 1.92. The van der Waals surface area contributed by atoms with Crippen LogP contribution in [0.3, 0.4) is 0 Å². The Morgan fingerprint density at radius 3 is 2.75 bits per heavy atom. The monoisotopic (exact) mass is 298 g/mol. The van der Waals surface area contributed by atoms with Gasteiger partial charge in [-0.1, -0.05) is 30.4 Å². The quantitative estimate of drug-likeness (QED) is 0.728. The Morgan fingerprint density at radius 1 is 1.25 bits per heavy atom. The Hall–Kier alpha value is -1.96. The highest BCUT2D eigenvalue weighted by molar-refractivity contribution is 7.19. The zero-order valence-corrected chi connectivity index (χ0v) is 11.2. The van der Waals surface area contributed by atoms with E-state index in [9.17, 15) is 13.2 Å². The molecule has 2 aromatic heterocycles. The minimum atomic E-state index is -4.36. The second kappa shape index (κ2) is 4.55. The lowest BCUT2D eigenvalue weighted by molar-refractivity contribution is -0.137. The van der Waals surface area contributed by atoms with Crippen LogP contribution in [0.5, 0.6) is 0 Å². The van der Waals surface area contributed by atoms with Crippen LogP contribution in [0.2, 0.25) is 0 Å². The molecule has 0 aliphatic heterocycles. The Morgan fingerprint density at radius 2 is 2.05 bits per heavy atom. The van der Waals surface area contributed by atoms with Crippen LogP contribution < -0.4 is 0 Å². The molecule has 0 amide bonds. The van der Waals surface area contributed by atoms with E-state index in [2.05, 4.69) is 15.3 Å². The molecule has 0 spiro atoms. The Labute approximate surface area is 115 Å². The second-order valence-corrected chi connectivity index (χ2v) is 5.11. The number of halogens is 3. The van der Waals surface area contributed by atoms with Crippen molar-refractivity contribution in [2.75, 3.05) is 0 Å². The van der Waals surface area contributed by atoms with E-state index >= 15 is 0 Å². The summed E-state index contributed by atoms with van der Waals surface area (Å²) in [5.41, 5.74) is -0.256. The Kier molecular flexibility index (Phi) is 2.97. The fourth-order valence-electron chi connectivity index (χ4n) is 1.82. The second-order valence-electron chi connectivity index (χ2n) is 4.15. The van der Waals surface area contributed by atoms with Gasteiger partial charge in [-0.15, -0.1) is 10.2 Å². The molecule has 0 N–H and O–H groups in total. The average Bonchev–Trinajstić information content (AvgIpc) is 2.97. The largest absolute Gasteiger partial charge is 0.416 e. The molecule has 0 unspecified atom stereocenters.